The van der Waals surface area contributed by atoms with Gasteiger partial charge in [-0.2, -0.15) is 0 Å². The van der Waals surface area contributed by atoms with E-state index >= 15 is 0 Å². The molecule has 1 heterocycles. The molecule has 0 fully saturated rings. The van der Waals surface area contributed by atoms with Crippen LogP contribution in [0.25, 0.3) is 4.48 Å². The Morgan fingerprint density at radius 3 is 2.45 bits per heavy atom. The fourth-order valence-corrected chi connectivity index (χ4v) is 2.38. The van der Waals surface area contributed by atoms with E-state index in [1.165, 1.54) is 14.2 Å². The van der Waals surface area contributed by atoms with Gasteiger partial charge >= 0.3 is 5.97 Å². The summed E-state index contributed by atoms with van der Waals surface area (Å²) < 4.78 is 10.5. The van der Waals surface area contributed by atoms with Gasteiger partial charge in [0.2, 0.25) is 5.88 Å². The van der Waals surface area contributed by atoms with Crippen LogP contribution >= 0.6 is 15.9 Å². The van der Waals surface area contributed by atoms with Gasteiger partial charge in [-0.05, 0) is 21.5 Å². The molecular weight excluding hydrogens is 324 g/mol. The highest BCUT2D eigenvalue weighted by molar-refractivity contribution is 9.15. The van der Waals surface area contributed by atoms with Crippen molar-refractivity contribution in [2.75, 3.05) is 14.2 Å². The zero-order valence-electron chi connectivity index (χ0n) is 11.0. The molecule has 20 heavy (non-hydrogen) atoms. The van der Waals surface area contributed by atoms with Gasteiger partial charge in [0.15, 0.2) is 0 Å². The molecule has 1 aromatic rings. The molecule has 1 aliphatic heterocycles. The van der Waals surface area contributed by atoms with E-state index in [0.29, 0.717) is 10.2 Å². The molecule has 0 amide bonds. The van der Waals surface area contributed by atoms with Crippen molar-refractivity contribution in [3.63, 3.8) is 0 Å². The van der Waals surface area contributed by atoms with Crippen molar-refractivity contribution in [1.82, 2.24) is 5.32 Å². The highest BCUT2D eigenvalue weighted by Gasteiger charge is 2.33. The van der Waals surface area contributed by atoms with E-state index < -0.39 is 5.97 Å². The molecule has 0 atom stereocenters. The molecule has 1 aromatic carbocycles. The van der Waals surface area contributed by atoms with E-state index in [4.69, 9.17) is 10.1 Å². The minimum Gasteiger partial charge on any atom is -0.482 e. The molecule has 1 aliphatic rings. The number of allylic oxidation sites excluding steroid dienone is 1. The van der Waals surface area contributed by atoms with Crippen molar-refractivity contribution in [3.05, 3.63) is 53.0 Å². The Labute approximate surface area is 124 Å². The molecule has 0 saturated carbocycles. The Hall–Kier alpha value is -2.08. The number of rotatable bonds is 3. The number of benzene rings is 1. The molecule has 0 aromatic heterocycles. The van der Waals surface area contributed by atoms with Crippen LogP contribution in [0.2, 0.25) is 0 Å². The van der Waals surface area contributed by atoms with Crippen molar-refractivity contribution in [1.29, 1.82) is 5.41 Å². The first kappa shape index (κ1) is 14.3. The minimum atomic E-state index is -0.609. The van der Waals surface area contributed by atoms with E-state index in [9.17, 15) is 4.79 Å². The third-order valence-corrected chi connectivity index (χ3v) is 3.66. The number of esters is 1. The first-order valence-electron chi connectivity index (χ1n) is 5.78. The topological polar surface area (TPSA) is 71.4 Å². The molecule has 2 N–H and O–H groups in total. The maximum atomic E-state index is 11.7. The summed E-state index contributed by atoms with van der Waals surface area (Å²) in [7, 11) is 2.70. The van der Waals surface area contributed by atoms with Gasteiger partial charge in [0.25, 0.3) is 0 Å². The van der Waals surface area contributed by atoms with Crippen LogP contribution in [0.3, 0.4) is 0 Å². The lowest BCUT2D eigenvalue weighted by Gasteiger charge is -2.07. The SMILES string of the molecule is COC(=O)C1=C(OC)N/C(=C(\Br)c2ccccc2)C1=N. The highest BCUT2D eigenvalue weighted by Crippen LogP contribution is 2.30. The zero-order chi connectivity index (χ0) is 14.7. The van der Waals surface area contributed by atoms with Crippen molar-refractivity contribution in [2.45, 2.75) is 0 Å². The molecule has 0 aliphatic carbocycles. The molecule has 6 heteroatoms. The molecule has 0 saturated heterocycles. The Balaban J connectivity index is 2.45. The van der Waals surface area contributed by atoms with Crippen LogP contribution in [-0.4, -0.2) is 25.9 Å². The minimum absolute atomic E-state index is 0.0319. The molecule has 0 bridgehead atoms. The van der Waals surface area contributed by atoms with Crippen LogP contribution in [-0.2, 0) is 14.3 Å². The molecule has 2 rings (SSSR count). The van der Waals surface area contributed by atoms with Gasteiger partial charge in [-0.1, -0.05) is 30.3 Å². The number of carbonyl (C=O) groups is 1. The third-order valence-electron chi connectivity index (χ3n) is 2.81. The molecule has 0 radical (unpaired) electrons. The predicted molar refractivity (Wildman–Crippen MR) is 79.2 cm³/mol. The molecule has 0 unspecified atom stereocenters. The monoisotopic (exact) mass is 336 g/mol. The van der Waals surface area contributed by atoms with E-state index in [1.54, 1.807) is 0 Å². The first-order valence-corrected chi connectivity index (χ1v) is 6.57. The van der Waals surface area contributed by atoms with Crippen LogP contribution in [0.15, 0.2) is 47.5 Å². The standard InChI is InChI=1S/C14H13BrN2O3/c1-19-13-9(14(18)20-2)11(16)12(17-13)10(15)8-6-4-3-5-7-8/h3-7,16-17H,1-2H3/b12-10-,16-11?. The van der Waals surface area contributed by atoms with Crippen LogP contribution in [0.1, 0.15) is 5.56 Å². The smallest absolute Gasteiger partial charge is 0.345 e. The van der Waals surface area contributed by atoms with Crippen molar-refractivity contribution in [2.24, 2.45) is 0 Å². The van der Waals surface area contributed by atoms with Gasteiger partial charge in [0.1, 0.15) is 5.57 Å². The summed E-state index contributed by atoms with van der Waals surface area (Å²) in [6.45, 7) is 0. The van der Waals surface area contributed by atoms with Gasteiger partial charge in [-0.25, -0.2) is 4.79 Å². The van der Waals surface area contributed by atoms with Crippen LogP contribution in [0.5, 0.6) is 0 Å². The summed E-state index contributed by atoms with van der Waals surface area (Å²) in [5.74, 6) is -0.396. The van der Waals surface area contributed by atoms with E-state index in [0.717, 1.165) is 5.56 Å². The Morgan fingerprint density at radius 1 is 1.25 bits per heavy atom. The number of nitrogens with one attached hydrogen (secondary N) is 2. The maximum Gasteiger partial charge on any atom is 0.345 e. The second kappa shape index (κ2) is 5.92. The summed E-state index contributed by atoms with van der Waals surface area (Å²) >= 11 is 3.45. The van der Waals surface area contributed by atoms with Crippen molar-refractivity contribution < 1.29 is 14.3 Å². The van der Waals surface area contributed by atoms with Crippen molar-refractivity contribution >= 4 is 32.1 Å². The van der Waals surface area contributed by atoms with Gasteiger partial charge < -0.3 is 14.8 Å². The molecule has 104 valence electrons. The Bertz CT molecular complexity index is 621. The average molecular weight is 337 g/mol. The number of carbonyl (C=O) groups excluding carboxylic acids is 1. The summed E-state index contributed by atoms with van der Waals surface area (Å²) in [5, 5.41) is 11.0. The highest BCUT2D eigenvalue weighted by atomic mass is 79.9. The second-order valence-corrected chi connectivity index (χ2v) is 4.75. The summed E-state index contributed by atoms with van der Waals surface area (Å²) in [4.78, 5) is 11.7. The van der Waals surface area contributed by atoms with Gasteiger partial charge in [0, 0.05) is 0 Å². The quantitative estimate of drug-likeness (QED) is 0.831. The van der Waals surface area contributed by atoms with Crippen molar-refractivity contribution in [3.8, 4) is 0 Å². The first-order chi connectivity index (χ1) is 9.60. The molecule has 5 nitrogen and oxygen atoms in total. The van der Waals surface area contributed by atoms with Crippen LogP contribution in [0.4, 0.5) is 0 Å². The van der Waals surface area contributed by atoms with E-state index in [1.807, 2.05) is 30.3 Å². The van der Waals surface area contributed by atoms with Crippen LogP contribution in [0, 0.1) is 5.41 Å². The fourth-order valence-electron chi connectivity index (χ4n) is 1.82. The zero-order valence-corrected chi connectivity index (χ0v) is 12.6. The Kier molecular flexibility index (Phi) is 4.24. The lowest BCUT2D eigenvalue weighted by Crippen LogP contribution is -2.13. The number of halogens is 1. The van der Waals surface area contributed by atoms with Gasteiger partial charge in [0.05, 0.1) is 30.1 Å². The number of ether oxygens (including phenoxy) is 2. The normalized spacial score (nSPS) is 16.9. The van der Waals surface area contributed by atoms with Gasteiger partial charge in [-0.3, -0.25) is 5.41 Å². The largest absolute Gasteiger partial charge is 0.482 e. The lowest BCUT2D eigenvalue weighted by molar-refractivity contribution is -0.135. The average Bonchev–Trinajstić information content (AvgIpc) is 2.83. The fraction of sp³-hybridized carbons (Fsp3) is 0.143. The third kappa shape index (κ3) is 2.46. The Morgan fingerprint density at radius 2 is 1.90 bits per heavy atom. The number of hydrogen-bond donors (Lipinski definition) is 2. The maximum absolute atomic E-state index is 11.7. The summed E-state index contributed by atoms with van der Waals surface area (Å²) in [6, 6.07) is 9.48. The van der Waals surface area contributed by atoms with E-state index in [2.05, 4.69) is 26.0 Å². The predicted octanol–water partition coefficient (Wildman–Crippen LogP) is 2.40. The lowest BCUT2D eigenvalue weighted by atomic mass is 10.1. The van der Waals surface area contributed by atoms with Gasteiger partial charge in [-0.15, -0.1) is 0 Å². The summed E-state index contributed by atoms with van der Waals surface area (Å²) in [6.07, 6.45) is 0. The number of hydrogen-bond acceptors (Lipinski definition) is 5. The molecule has 0 spiro atoms. The second-order valence-electron chi connectivity index (χ2n) is 3.95. The number of methoxy groups -OCH3 is 2. The van der Waals surface area contributed by atoms with Crippen LogP contribution < -0.4 is 5.32 Å². The molecular formula is C14H13BrN2O3. The van der Waals surface area contributed by atoms with E-state index in [-0.39, 0.29) is 17.2 Å². The summed E-state index contributed by atoms with van der Waals surface area (Å²) in [5.41, 5.74) is 1.47.